The second kappa shape index (κ2) is 9.58. The van der Waals surface area contributed by atoms with Crippen molar-refractivity contribution in [1.29, 1.82) is 0 Å². The number of rotatable bonds is 7. The maximum Gasteiger partial charge on any atom is 0.573 e. The number of nitrogens with one attached hydrogen (secondary N) is 1. The Balaban J connectivity index is 1.35. The van der Waals surface area contributed by atoms with Gasteiger partial charge in [0, 0.05) is 45.9 Å². The Bertz CT molecular complexity index is 626. The monoisotopic (exact) mass is 401 g/mol. The summed E-state index contributed by atoms with van der Waals surface area (Å²) in [5, 5.41) is 2.93. The van der Waals surface area contributed by atoms with Crippen molar-refractivity contribution < 1.29 is 27.4 Å². The Kier molecular flexibility index (Phi) is 7.14. The number of piperazine rings is 1. The smallest absolute Gasteiger partial charge is 0.406 e. The van der Waals surface area contributed by atoms with Crippen LogP contribution in [-0.2, 0) is 16.1 Å². The van der Waals surface area contributed by atoms with Crippen LogP contribution in [-0.4, -0.2) is 74.0 Å². The number of alkyl halides is 3. The lowest BCUT2D eigenvalue weighted by Gasteiger charge is -2.34. The summed E-state index contributed by atoms with van der Waals surface area (Å²) in [6, 6.07) is 5.95. The third-order valence-corrected chi connectivity index (χ3v) is 4.95. The molecule has 1 atom stereocenters. The van der Waals surface area contributed by atoms with Crippen molar-refractivity contribution in [1.82, 2.24) is 15.1 Å². The van der Waals surface area contributed by atoms with Crippen LogP contribution in [0.3, 0.4) is 0 Å². The molecular weight excluding hydrogens is 375 g/mol. The molecule has 2 saturated heterocycles. The molecule has 156 valence electrons. The van der Waals surface area contributed by atoms with Gasteiger partial charge in [-0.05, 0) is 30.5 Å². The summed E-state index contributed by atoms with van der Waals surface area (Å²) in [6.07, 6.45) is -2.47. The van der Waals surface area contributed by atoms with Crippen LogP contribution < -0.4 is 10.1 Å². The standard InChI is InChI=1S/C19H26F3N3O3/c20-19(21,22)28-16-5-3-15(4-6-16)13-24-7-9-25(10-8-24)14-18(26)23-12-17-2-1-11-27-17/h3-6,17H,1-2,7-14H2,(H,23,26)/t17-/m1/s1. The van der Waals surface area contributed by atoms with Gasteiger partial charge in [0.15, 0.2) is 0 Å². The van der Waals surface area contributed by atoms with Gasteiger partial charge < -0.3 is 14.8 Å². The molecule has 9 heteroatoms. The molecular formula is C19H26F3N3O3. The molecule has 0 radical (unpaired) electrons. The second-order valence-corrected chi connectivity index (χ2v) is 7.18. The molecule has 1 aromatic rings. The zero-order valence-electron chi connectivity index (χ0n) is 15.7. The van der Waals surface area contributed by atoms with E-state index in [0.717, 1.165) is 51.2 Å². The van der Waals surface area contributed by atoms with Crippen molar-refractivity contribution in [3.05, 3.63) is 29.8 Å². The fraction of sp³-hybridized carbons (Fsp3) is 0.632. The van der Waals surface area contributed by atoms with E-state index in [9.17, 15) is 18.0 Å². The zero-order valence-corrected chi connectivity index (χ0v) is 15.7. The van der Waals surface area contributed by atoms with E-state index < -0.39 is 6.36 Å². The van der Waals surface area contributed by atoms with E-state index >= 15 is 0 Å². The van der Waals surface area contributed by atoms with Crippen LogP contribution in [0.5, 0.6) is 5.75 Å². The van der Waals surface area contributed by atoms with Crippen LogP contribution in [0, 0.1) is 0 Å². The summed E-state index contributed by atoms with van der Waals surface area (Å²) in [7, 11) is 0. The number of benzene rings is 1. The van der Waals surface area contributed by atoms with Crippen molar-refractivity contribution in [2.45, 2.75) is 31.9 Å². The molecule has 2 aliphatic rings. The van der Waals surface area contributed by atoms with E-state index in [1.165, 1.54) is 12.1 Å². The lowest BCUT2D eigenvalue weighted by molar-refractivity contribution is -0.274. The van der Waals surface area contributed by atoms with Gasteiger partial charge in [-0.25, -0.2) is 0 Å². The summed E-state index contributed by atoms with van der Waals surface area (Å²) in [4.78, 5) is 16.4. The van der Waals surface area contributed by atoms with E-state index in [1.807, 2.05) is 0 Å². The number of hydrogen-bond donors (Lipinski definition) is 1. The molecule has 0 unspecified atom stereocenters. The summed E-state index contributed by atoms with van der Waals surface area (Å²) >= 11 is 0. The van der Waals surface area contributed by atoms with E-state index in [-0.39, 0.29) is 17.8 Å². The number of ether oxygens (including phenoxy) is 2. The average molecular weight is 401 g/mol. The van der Waals surface area contributed by atoms with Crippen LogP contribution in [0.15, 0.2) is 24.3 Å². The number of carbonyl (C=O) groups is 1. The number of halogens is 3. The minimum Gasteiger partial charge on any atom is -0.406 e. The van der Waals surface area contributed by atoms with Crippen LogP contribution >= 0.6 is 0 Å². The highest BCUT2D eigenvalue weighted by atomic mass is 19.4. The van der Waals surface area contributed by atoms with Gasteiger partial charge >= 0.3 is 6.36 Å². The first kappa shape index (κ1) is 20.9. The van der Waals surface area contributed by atoms with Gasteiger partial charge in [-0.1, -0.05) is 12.1 Å². The molecule has 6 nitrogen and oxygen atoms in total. The molecule has 1 aromatic carbocycles. The molecule has 2 fully saturated rings. The minimum atomic E-state index is -4.67. The van der Waals surface area contributed by atoms with E-state index in [2.05, 4.69) is 19.9 Å². The van der Waals surface area contributed by atoms with Crippen LogP contribution in [0.2, 0.25) is 0 Å². The first-order valence-corrected chi connectivity index (χ1v) is 9.55. The normalized spacial score (nSPS) is 21.6. The third-order valence-electron chi connectivity index (χ3n) is 4.95. The predicted molar refractivity (Wildman–Crippen MR) is 96.8 cm³/mol. The molecule has 2 aliphatic heterocycles. The van der Waals surface area contributed by atoms with Gasteiger partial charge in [0.05, 0.1) is 12.6 Å². The number of nitrogens with zero attached hydrogens (tertiary/aromatic N) is 2. The van der Waals surface area contributed by atoms with Crippen molar-refractivity contribution >= 4 is 5.91 Å². The molecule has 28 heavy (non-hydrogen) atoms. The van der Waals surface area contributed by atoms with E-state index in [4.69, 9.17) is 4.74 Å². The molecule has 3 rings (SSSR count). The van der Waals surface area contributed by atoms with Gasteiger partial charge in [-0.2, -0.15) is 0 Å². The molecule has 0 aromatic heterocycles. The number of carbonyl (C=O) groups excluding carboxylic acids is 1. The van der Waals surface area contributed by atoms with Crippen molar-refractivity contribution in [2.24, 2.45) is 0 Å². The molecule has 0 aliphatic carbocycles. The fourth-order valence-corrected chi connectivity index (χ4v) is 3.45. The minimum absolute atomic E-state index is 0.0178. The van der Waals surface area contributed by atoms with Gasteiger partial charge in [-0.15, -0.1) is 13.2 Å². The molecule has 1 amide bonds. The summed E-state index contributed by atoms with van der Waals surface area (Å²) < 4.78 is 46.0. The quantitative estimate of drug-likeness (QED) is 0.758. The lowest BCUT2D eigenvalue weighted by Crippen LogP contribution is -2.49. The Labute approximate surface area is 162 Å². The molecule has 0 spiro atoms. The summed E-state index contributed by atoms with van der Waals surface area (Å²) in [5.41, 5.74) is 0.928. The van der Waals surface area contributed by atoms with Crippen LogP contribution in [0.4, 0.5) is 13.2 Å². The van der Waals surface area contributed by atoms with Gasteiger partial charge in [0.25, 0.3) is 0 Å². The molecule has 0 saturated carbocycles. The Morgan fingerprint density at radius 1 is 1.14 bits per heavy atom. The van der Waals surface area contributed by atoms with E-state index in [1.54, 1.807) is 12.1 Å². The third kappa shape index (κ3) is 6.96. The highest BCUT2D eigenvalue weighted by Gasteiger charge is 2.31. The van der Waals surface area contributed by atoms with E-state index in [0.29, 0.717) is 19.6 Å². The van der Waals surface area contributed by atoms with Crippen molar-refractivity contribution in [3.8, 4) is 5.75 Å². The second-order valence-electron chi connectivity index (χ2n) is 7.18. The number of amides is 1. The lowest BCUT2D eigenvalue weighted by atomic mass is 10.2. The highest BCUT2D eigenvalue weighted by Crippen LogP contribution is 2.23. The maximum absolute atomic E-state index is 12.2. The largest absolute Gasteiger partial charge is 0.573 e. The maximum atomic E-state index is 12.2. The van der Waals surface area contributed by atoms with Crippen molar-refractivity contribution in [2.75, 3.05) is 45.9 Å². The topological polar surface area (TPSA) is 54.0 Å². The summed E-state index contributed by atoms with van der Waals surface area (Å²) in [6.45, 7) is 5.56. The average Bonchev–Trinajstić information content (AvgIpc) is 3.16. The van der Waals surface area contributed by atoms with Gasteiger partial charge in [-0.3, -0.25) is 14.6 Å². The van der Waals surface area contributed by atoms with Crippen LogP contribution in [0.1, 0.15) is 18.4 Å². The molecule has 2 heterocycles. The first-order valence-electron chi connectivity index (χ1n) is 9.55. The zero-order chi connectivity index (χ0) is 20.0. The Morgan fingerprint density at radius 3 is 2.43 bits per heavy atom. The first-order chi connectivity index (χ1) is 13.4. The molecule has 0 bridgehead atoms. The SMILES string of the molecule is O=C(CN1CCN(Cc2ccc(OC(F)(F)F)cc2)CC1)NC[C@H]1CCCO1. The van der Waals surface area contributed by atoms with Gasteiger partial charge in [0.2, 0.25) is 5.91 Å². The number of hydrogen-bond acceptors (Lipinski definition) is 5. The highest BCUT2D eigenvalue weighted by molar-refractivity contribution is 5.78. The van der Waals surface area contributed by atoms with Crippen LogP contribution in [0.25, 0.3) is 0 Å². The Hall–Kier alpha value is -1.84. The molecule has 1 N–H and O–H groups in total. The Morgan fingerprint density at radius 2 is 1.82 bits per heavy atom. The fourth-order valence-electron chi connectivity index (χ4n) is 3.45. The van der Waals surface area contributed by atoms with Crippen molar-refractivity contribution in [3.63, 3.8) is 0 Å². The van der Waals surface area contributed by atoms with Gasteiger partial charge in [0.1, 0.15) is 5.75 Å². The predicted octanol–water partition coefficient (Wildman–Crippen LogP) is 2.00. The summed E-state index contributed by atoms with van der Waals surface area (Å²) in [5.74, 6) is -0.195.